The Bertz CT molecular complexity index is 1070. The van der Waals surface area contributed by atoms with Crippen LogP contribution >= 0.6 is 0 Å². The molecule has 0 saturated heterocycles. The molecule has 2 rings (SSSR count). The maximum atomic E-state index is 12.3. The van der Waals surface area contributed by atoms with E-state index in [4.69, 9.17) is 18.9 Å². The van der Waals surface area contributed by atoms with E-state index in [1.165, 1.54) is 0 Å². The van der Waals surface area contributed by atoms with Crippen LogP contribution in [-0.4, -0.2) is 34.6 Å². The number of benzene rings is 2. The summed E-state index contributed by atoms with van der Waals surface area (Å²) in [5.74, 6) is -0.939. The van der Waals surface area contributed by atoms with Crippen molar-refractivity contribution in [2.45, 2.75) is 92.3 Å². The zero-order valence-corrected chi connectivity index (χ0v) is 24.7. The van der Waals surface area contributed by atoms with Gasteiger partial charge in [-0.3, -0.25) is 4.79 Å². The SMILES string of the molecule is CC(C)(C)OC(=O)Oc1ccc(C(C)(CC(C(=O)O)C(C)(C)C)c2ccc(OC(=O)OC(C)(C)C)cc2)cc1. The summed E-state index contributed by atoms with van der Waals surface area (Å²) in [6, 6.07) is 13.9. The van der Waals surface area contributed by atoms with E-state index in [-0.39, 0.29) is 0 Å². The van der Waals surface area contributed by atoms with Crippen molar-refractivity contribution in [2.75, 3.05) is 0 Å². The maximum absolute atomic E-state index is 12.3. The summed E-state index contributed by atoms with van der Waals surface area (Å²) < 4.78 is 21.1. The minimum atomic E-state index is -0.886. The molecule has 0 aliphatic heterocycles. The maximum Gasteiger partial charge on any atom is 0.514 e. The Balaban J connectivity index is 2.43. The van der Waals surface area contributed by atoms with Crippen LogP contribution in [0.25, 0.3) is 0 Å². The molecule has 0 aromatic heterocycles. The molecule has 0 fully saturated rings. The normalized spacial score (nSPS) is 13.3. The van der Waals surface area contributed by atoms with Crippen LogP contribution in [0.4, 0.5) is 9.59 Å². The molecule has 214 valence electrons. The van der Waals surface area contributed by atoms with E-state index in [0.29, 0.717) is 17.9 Å². The molecule has 0 amide bonds. The lowest BCUT2D eigenvalue weighted by Crippen LogP contribution is -2.36. The molecule has 0 aliphatic rings. The van der Waals surface area contributed by atoms with Crippen molar-refractivity contribution >= 4 is 18.3 Å². The van der Waals surface area contributed by atoms with Crippen LogP contribution in [0.1, 0.15) is 86.8 Å². The quantitative estimate of drug-likeness (QED) is 0.279. The summed E-state index contributed by atoms with van der Waals surface area (Å²) in [6.45, 7) is 18.2. The van der Waals surface area contributed by atoms with Crippen molar-refractivity contribution in [2.24, 2.45) is 11.3 Å². The molecule has 0 radical (unpaired) electrons. The highest BCUT2D eigenvalue weighted by Crippen LogP contribution is 2.43. The second kappa shape index (κ2) is 11.7. The highest BCUT2D eigenvalue weighted by Gasteiger charge is 2.40. The van der Waals surface area contributed by atoms with Gasteiger partial charge in [-0.15, -0.1) is 0 Å². The lowest BCUT2D eigenvalue weighted by Gasteiger charge is -2.38. The Morgan fingerprint density at radius 2 is 0.974 bits per heavy atom. The van der Waals surface area contributed by atoms with Crippen LogP contribution in [0.15, 0.2) is 48.5 Å². The van der Waals surface area contributed by atoms with Gasteiger partial charge >= 0.3 is 18.3 Å². The molecule has 0 spiro atoms. The van der Waals surface area contributed by atoms with Crippen molar-refractivity contribution in [1.29, 1.82) is 0 Å². The van der Waals surface area contributed by atoms with Gasteiger partial charge in [-0.25, -0.2) is 9.59 Å². The van der Waals surface area contributed by atoms with Gasteiger partial charge in [0.25, 0.3) is 0 Å². The monoisotopic (exact) mass is 542 g/mol. The van der Waals surface area contributed by atoms with E-state index in [0.717, 1.165) is 11.1 Å². The highest BCUT2D eigenvalue weighted by molar-refractivity contribution is 5.71. The lowest BCUT2D eigenvalue weighted by molar-refractivity contribution is -0.146. The highest BCUT2D eigenvalue weighted by atomic mass is 16.7. The average molecular weight is 543 g/mol. The third kappa shape index (κ3) is 9.61. The van der Waals surface area contributed by atoms with E-state index < -0.39 is 46.2 Å². The van der Waals surface area contributed by atoms with Crippen molar-refractivity contribution in [3.63, 3.8) is 0 Å². The lowest BCUT2D eigenvalue weighted by atomic mass is 9.65. The van der Waals surface area contributed by atoms with Crippen LogP contribution in [-0.2, 0) is 19.7 Å². The fourth-order valence-corrected chi connectivity index (χ4v) is 4.09. The summed E-state index contributed by atoms with van der Waals surface area (Å²) in [7, 11) is 0. The molecule has 2 aromatic rings. The zero-order valence-electron chi connectivity index (χ0n) is 24.7. The van der Waals surface area contributed by atoms with Crippen LogP contribution < -0.4 is 9.47 Å². The Kier molecular flexibility index (Phi) is 9.48. The van der Waals surface area contributed by atoms with Crippen molar-refractivity contribution in [3.05, 3.63) is 59.7 Å². The average Bonchev–Trinajstić information content (AvgIpc) is 2.74. The summed E-state index contributed by atoms with van der Waals surface area (Å²) in [6.07, 6.45) is -1.32. The Hall–Kier alpha value is -3.55. The fraction of sp³-hybridized carbons (Fsp3) is 0.516. The van der Waals surface area contributed by atoms with Gasteiger partial charge in [0.1, 0.15) is 22.7 Å². The molecule has 0 aliphatic carbocycles. The fourth-order valence-electron chi connectivity index (χ4n) is 4.09. The largest absolute Gasteiger partial charge is 0.514 e. The molecule has 0 saturated carbocycles. The van der Waals surface area contributed by atoms with E-state index in [2.05, 4.69) is 0 Å². The number of aliphatic carboxylic acids is 1. The smallest absolute Gasteiger partial charge is 0.481 e. The minimum absolute atomic E-state index is 0.296. The van der Waals surface area contributed by atoms with Gasteiger partial charge in [-0.2, -0.15) is 0 Å². The first-order valence-electron chi connectivity index (χ1n) is 13.0. The molecule has 0 heterocycles. The third-order valence-electron chi connectivity index (χ3n) is 6.12. The number of hydrogen-bond donors (Lipinski definition) is 1. The molecule has 1 atom stereocenters. The van der Waals surface area contributed by atoms with E-state index in [1.54, 1.807) is 65.8 Å². The van der Waals surface area contributed by atoms with Crippen LogP contribution in [0, 0.1) is 11.3 Å². The van der Waals surface area contributed by atoms with Gasteiger partial charge in [-0.05, 0) is 88.8 Å². The number of hydrogen-bond acceptors (Lipinski definition) is 7. The van der Waals surface area contributed by atoms with E-state index in [9.17, 15) is 19.5 Å². The molecule has 2 aromatic carbocycles. The van der Waals surface area contributed by atoms with E-state index in [1.807, 2.05) is 52.0 Å². The standard InChI is InChI=1S/C31H42O8/c1-28(2,3)24(25(32)33)19-31(10,20-11-15-22(16-12-20)36-26(34)38-29(4,5)6)21-13-17-23(18-14-21)37-27(35)39-30(7,8)9/h11-18,24H,19H2,1-10H3,(H,32,33). The molecule has 8 nitrogen and oxygen atoms in total. The number of carbonyl (C=O) groups is 3. The molecule has 1 N–H and O–H groups in total. The first-order chi connectivity index (χ1) is 17.7. The van der Waals surface area contributed by atoms with Gasteiger partial charge in [-0.1, -0.05) is 52.0 Å². The predicted octanol–water partition coefficient (Wildman–Crippen LogP) is 7.76. The first kappa shape index (κ1) is 31.7. The molecular weight excluding hydrogens is 500 g/mol. The molecule has 1 unspecified atom stereocenters. The number of carbonyl (C=O) groups excluding carboxylic acids is 2. The molecule has 0 bridgehead atoms. The second-order valence-corrected chi connectivity index (χ2v) is 13.0. The number of ether oxygens (including phenoxy) is 4. The zero-order chi connectivity index (χ0) is 29.8. The van der Waals surface area contributed by atoms with Gasteiger partial charge in [0.2, 0.25) is 0 Å². The third-order valence-corrected chi connectivity index (χ3v) is 6.12. The number of rotatable bonds is 7. The van der Waals surface area contributed by atoms with E-state index >= 15 is 0 Å². The van der Waals surface area contributed by atoms with Gasteiger partial charge in [0.05, 0.1) is 5.92 Å². The number of carboxylic acid groups (broad SMARTS) is 1. The summed E-state index contributed by atoms with van der Waals surface area (Å²) in [5.41, 5.74) is -0.968. The second-order valence-electron chi connectivity index (χ2n) is 13.0. The molecule has 8 heteroatoms. The number of carboxylic acids is 1. The summed E-state index contributed by atoms with van der Waals surface area (Å²) in [4.78, 5) is 36.5. The minimum Gasteiger partial charge on any atom is -0.481 e. The summed E-state index contributed by atoms with van der Waals surface area (Å²) in [5, 5.41) is 10.1. The van der Waals surface area contributed by atoms with Crippen LogP contribution in [0.3, 0.4) is 0 Å². The van der Waals surface area contributed by atoms with Crippen LogP contribution in [0.5, 0.6) is 11.5 Å². The van der Waals surface area contributed by atoms with Gasteiger partial charge < -0.3 is 24.1 Å². The Morgan fingerprint density at radius 1 is 0.641 bits per heavy atom. The van der Waals surface area contributed by atoms with Gasteiger partial charge in [0, 0.05) is 5.41 Å². The van der Waals surface area contributed by atoms with Crippen molar-refractivity contribution in [3.8, 4) is 11.5 Å². The van der Waals surface area contributed by atoms with Crippen molar-refractivity contribution in [1.82, 2.24) is 0 Å². The van der Waals surface area contributed by atoms with Gasteiger partial charge in [0.15, 0.2) is 0 Å². The predicted molar refractivity (Wildman–Crippen MR) is 148 cm³/mol. The van der Waals surface area contributed by atoms with Crippen molar-refractivity contribution < 1.29 is 38.4 Å². The van der Waals surface area contributed by atoms with Crippen LogP contribution in [0.2, 0.25) is 0 Å². The molecular formula is C31H42O8. The first-order valence-corrected chi connectivity index (χ1v) is 13.0. The molecule has 39 heavy (non-hydrogen) atoms. The Labute approximate surface area is 231 Å². The summed E-state index contributed by atoms with van der Waals surface area (Å²) >= 11 is 0. The topological polar surface area (TPSA) is 108 Å². The Morgan fingerprint density at radius 3 is 1.23 bits per heavy atom.